The molecule has 26 heavy (non-hydrogen) atoms. The van der Waals surface area contributed by atoms with Gasteiger partial charge in [0.05, 0.1) is 12.5 Å². The first-order chi connectivity index (χ1) is 12.8. The largest absolute Gasteiger partial charge is 0.337 e. The van der Waals surface area contributed by atoms with Gasteiger partial charge >= 0.3 is 0 Å². The van der Waals surface area contributed by atoms with Gasteiger partial charge in [-0.1, -0.05) is 42.8 Å². The van der Waals surface area contributed by atoms with Crippen molar-refractivity contribution in [1.82, 2.24) is 15.2 Å². The fourth-order valence-corrected chi connectivity index (χ4v) is 4.61. The maximum atomic E-state index is 13.2. The van der Waals surface area contributed by atoms with Crippen molar-refractivity contribution in [2.45, 2.75) is 50.1 Å². The second kappa shape index (κ2) is 8.00. The summed E-state index contributed by atoms with van der Waals surface area (Å²) in [5, 5.41) is 3.70. The number of likely N-dealkylation sites (tertiary alicyclic amines) is 1. The van der Waals surface area contributed by atoms with Gasteiger partial charge in [-0.15, -0.1) is 0 Å². The predicted octanol–water partition coefficient (Wildman–Crippen LogP) is 3.15. The molecule has 0 bridgehead atoms. The fraction of sp³-hybridized carbons (Fsp3) is 0.455. The van der Waals surface area contributed by atoms with Crippen LogP contribution >= 0.6 is 0 Å². The van der Waals surface area contributed by atoms with Crippen molar-refractivity contribution < 1.29 is 4.79 Å². The zero-order valence-corrected chi connectivity index (χ0v) is 15.2. The Kier molecular flexibility index (Phi) is 5.30. The van der Waals surface area contributed by atoms with Crippen LogP contribution in [-0.2, 0) is 11.2 Å². The number of benzene rings is 1. The summed E-state index contributed by atoms with van der Waals surface area (Å²) in [6.07, 6.45) is 6.67. The lowest BCUT2D eigenvalue weighted by Gasteiger charge is -2.44. The molecule has 1 aromatic heterocycles. The monoisotopic (exact) mass is 349 g/mol. The highest BCUT2D eigenvalue weighted by molar-refractivity contribution is 5.79. The van der Waals surface area contributed by atoms with E-state index in [1.807, 2.05) is 18.2 Å². The number of hydrogen-bond acceptors (Lipinski definition) is 3. The minimum atomic E-state index is 0.213. The third-order valence-corrected chi connectivity index (χ3v) is 5.82. The molecule has 2 saturated heterocycles. The van der Waals surface area contributed by atoms with E-state index in [-0.39, 0.29) is 11.9 Å². The second-order valence-electron chi connectivity index (χ2n) is 7.44. The first kappa shape index (κ1) is 17.2. The van der Waals surface area contributed by atoms with E-state index in [9.17, 15) is 4.79 Å². The first-order valence-corrected chi connectivity index (χ1v) is 9.80. The highest BCUT2D eigenvalue weighted by Crippen LogP contribution is 2.35. The number of nitrogens with one attached hydrogen (secondary N) is 1. The number of fused-ring (bicyclic) bond motifs is 1. The van der Waals surface area contributed by atoms with Crippen LogP contribution in [0.25, 0.3) is 0 Å². The molecule has 136 valence electrons. The van der Waals surface area contributed by atoms with Gasteiger partial charge in [-0.2, -0.15) is 0 Å². The van der Waals surface area contributed by atoms with E-state index < -0.39 is 0 Å². The van der Waals surface area contributed by atoms with Crippen LogP contribution in [0.15, 0.2) is 54.7 Å². The summed E-state index contributed by atoms with van der Waals surface area (Å²) in [6, 6.07) is 17.2. The number of hydrogen-bond donors (Lipinski definition) is 1. The quantitative estimate of drug-likeness (QED) is 0.926. The topological polar surface area (TPSA) is 45.2 Å². The second-order valence-corrected chi connectivity index (χ2v) is 7.44. The summed E-state index contributed by atoms with van der Waals surface area (Å²) < 4.78 is 0. The van der Waals surface area contributed by atoms with Crippen LogP contribution in [-0.4, -0.2) is 41.0 Å². The van der Waals surface area contributed by atoms with E-state index in [4.69, 9.17) is 0 Å². The van der Waals surface area contributed by atoms with Crippen molar-refractivity contribution in [2.24, 2.45) is 0 Å². The lowest BCUT2D eigenvalue weighted by molar-refractivity contribution is -0.134. The fourth-order valence-electron chi connectivity index (χ4n) is 4.61. The Morgan fingerprint density at radius 2 is 1.92 bits per heavy atom. The van der Waals surface area contributed by atoms with Crippen molar-refractivity contribution in [1.29, 1.82) is 0 Å². The first-order valence-electron chi connectivity index (χ1n) is 9.80. The number of piperidine rings is 1. The molecule has 0 radical (unpaired) electrons. The number of carbonyl (C=O) groups is 1. The predicted molar refractivity (Wildman–Crippen MR) is 103 cm³/mol. The third kappa shape index (κ3) is 3.65. The molecule has 4 nitrogen and oxygen atoms in total. The molecule has 2 aliphatic rings. The maximum Gasteiger partial charge on any atom is 0.228 e. The number of aromatic nitrogens is 1. The van der Waals surface area contributed by atoms with Gasteiger partial charge in [0.1, 0.15) is 0 Å². The van der Waals surface area contributed by atoms with Gasteiger partial charge in [-0.05, 0) is 43.5 Å². The molecule has 1 aromatic carbocycles. The Morgan fingerprint density at radius 1 is 1.08 bits per heavy atom. The molecule has 1 amide bonds. The smallest absolute Gasteiger partial charge is 0.228 e. The maximum absolute atomic E-state index is 13.2. The van der Waals surface area contributed by atoms with Crippen LogP contribution in [0.1, 0.15) is 42.9 Å². The molecule has 0 unspecified atom stereocenters. The summed E-state index contributed by atoms with van der Waals surface area (Å²) in [7, 11) is 0. The molecule has 2 aliphatic heterocycles. The molecule has 2 fully saturated rings. The molecular weight excluding hydrogens is 322 g/mol. The van der Waals surface area contributed by atoms with Gasteiger partial charge in [0.25, 0.3) is 0 Å². The normalized spacial score (nSPS) is 26.0. The number of nitrogens with zero attached hydrogens (tertiary/aromatic N) is 2. The van der Waals surface area contributed by atoms with Crippen LogP contribution in [0, 0.1) is 0 Å². The van der Waals surface area contributed by atoms with Crippen LogP contribution in [0.3, 0.4) is 0 Å². The van der Waals surface area contributed by atoms with E-state index in [1.54, 1.807) is 6.20 Å². The molecule has 0 aliphatic carbocycles. The highest BCUT2D eigenvalue weighted by atomic mass is 16.2. The van der Waals surface area contributed by atoms with Crippen LogP contribution in [0.4, 0.5) is 0 Å². The minimum Gasteiger partial charge on any atom is -0.337 e. The van der Waals surface area contributed by atoms with Crippen LogP contribution in [0.5, 0.6) is 0 Å². The Bertz CT molecular complexity index is 719. The Morgan fingerprint density at radius 3 is 2.73 bits per heavy atom. The summed E-state index contributed by atoms with van der Waals surface area (Å²) in [6.45, 7) is 1.89. The SMILES string of the molecule is O=C(Cc1ccccn1)N1CCCC[C@H]2NCC[C@H](c3ccccc3)[C@H]21. The van der Waals surface area contributed by atoms with Gasteiger partial charge < -0.3 is 10.2 Å². The highest BCUT2D eigenvalue weighted by Gasteiger charge is 2.40. The van der Waals surface area contributed by atoms with E-state index in [2.05, 4.69) is 45.5 Å². The van der Waals surface area contributed by atoms with Gasteiger partial charge in [0.2, 0.25) is 5.91 Å². The molecule has 3 atom stereocenters. The van der Waals surface area contributed by atoms with E-state index in [0.29, 0.717) is 18.4 Å². The van der Waals surface area contributed by atoms with Gasteiger partial charge in [0.15, 0.2) is 0 Å². The molecular formula is C22H27N3O. The van der Waals surface area contributed by atoms with Crippen LogP contribution < -0.4 is 5.32 Å². The van der Waals surface area contributed by atoms with Crippen LogP contribution in [0.2, 0.25) is 0 Å². The number of rotatable bonds is 3. The summed E-state index contributed by atoms with van der Waals surface area (Å²) >= 11 is 0. The Labute approximate surface area is 155 Å². The molecule has 2 aromatic rings. The standard InChI is InChI=1S/C22H27N3O/c26-21(16-18-10-4-6-13-23-18)25-15-7-5-11-20-22(25)19(12-14-24-20)17-8-2-1-3-9-17/h1-4,6,8-10,13,19-20,22,24H,5,7,11-12,14-16H2/t19-,20-,22-/m1/s1. The molecule has 4 rings (SSSR count). The average molecular weight is 349 g/mol. The molecule has 0 spiro atoms. The number of carbonyl (C=O) groups excluding carboxylic acids is 1. The lowest BCUT2D eigenvalue weighted by Crippen LogP contribution is -2.58. The minimum absolute atomic E-state index is 0.213. The average Bonchev–Trinajstić information content (AvgIpc) is 2.92. The van der Waals surface area contributed by atoms with E-state index >= 15 is 0 Å². The molecule has 1 N–H and O–H groups in total. The summed E-state index contributed by atoms with van der Waals surface area (Å²) in [5.41, 5.74) is 2.22. The van der Waals surface area contributed by atoms with Crippen molar-refractivity contribution in [3.8, 4) is 0 Å². The zero-order chi connectivity index (χ0) is 17.8. The Balaban J connectivity index is 1.61. The lowest BCUT2D eigenvalue weighted by atomic mass is 9.80. The van der Waals surface area contributed by atoms with E-state index in [1.165, 1.54) is 12.0 Å². The van der Waals surface area contributed by atoms with Gasteiger partial charge in [0, 0.05) is 30.4 Å². The summed E-state index contributed by atoms with van der Waals surface area (Å²) in [4.78, 5) is 19.7. The number of pyridine rings is 1. The van der Waals surface area contributed by atoms with Crippen molar-refractivity contribution in [3.63, 3.8) is 0 Å². The summed E-state index contributed by atoms with van der Waals surface area (Å²) in [5.74, 6) is 0.624. The molecule has 4 heteroatoms. The van der Waals surface area contributed by atoms with Crippen molar-refractivity contribution in [2.75, 3.05) is 13.1 Å². The van der Waals surface area contributed by atoms with Crippen molar-refractivity contribution >= 4 is 5.91 Å². The van der Waals surface area contributed by atoms with Crippen molar-refractivity contribution in [3.05, 3.63) is 66.0 Å². The molecule has 3 heterocycles. The zero-order valence-electron chi connectivity index (χ0n) is 15.2. The Hall–Kier alpha value is -2.20. The van der Waals surface area contributed by atoms with Gasteiger partial charge in [-0.25, -0.2) is 0 Å². The van der Waals surface area contributed by atoms with E-state index in [0.717, 1.165) is 38.0 Å². The third-order valence-electron chi connectivity index (χ3n) is 5.82. The number of amides is 1. The van der Waals surface area contributed by atoms with Gasteiger partial charge in [-0.3, -0.25) is 9.78 Å². The molecule has 0 saturated carbocycles.